The third-order valence-corrected chi connectivity index (χ3v) is 9.52. The highest BCUT2D eigenvalue weighted by molar-refractivity contribution is 6.23. The fraction of sp³-hybridized carbons (Fsp3) is 0.364. The number of hydrogen-bond donors (Lipinski definition) is 3. The molecule has 234 valence electrons. The molecule has 2 aromatic heterocycles. The minimum atomic E-state index is -0.972. The largest absolute Gasteiger partial charge is 0.385 e. The second-order valence-corrected chi connectivity index (χ2v) is 12.5. The fourth-order valence-corrected chi connectivity index (χ4v) is 6.86. The van der Waals surface area contributed by atoms with E-state index in [1.54, 1.807) is 24.4 Å². The van der Waals surface area contributed by atoms with Crippen LogP contribution < -0.4 is 20.9 Å². The van der Waals surface area contributed by atoms with Gasteiger partial charge in [0.15, 0.2) is 0 Å². The lowest BCUT2D eigenvalue weighted by Crippen LogP contribution is -2.54. The van der Waals surface area contributed by atoms with Gasteiger partial charge in [-0.25, -0.2) is 4.98 Å². The number of piperazine rings is 1. The SMILES string of the molecule is O=C1CCC(N2C(=O)c3ccc(NC[C@H]4C[C@@H](n5cc(-c6cnc7ccc(N8CCNCC8)cc7n6)cn5)C4)cc3C2=O)C(=O)N1. The van der Waals surface area contributed by atoms with Crippen LogP contribution in [0.1, 0.15) is 52.4 Å². The number of anilines is 2. The molecule has 1 unspecified atom stereocenters. The first-order valence-electron chi connectivity index (χ1n) is 15.8. The van der Waals surface area contributed by atoms with Crippen molar-refractivity contribution < 1.29 is 19.2 Å². The summed E-state index contributed by atoms with van der Waals surface area (Å²) in [4.78, 5) is 62.9. The Morgan fingerprint density at radius 1 is 0.913 bits per heavy atom. The number of piperidine rings is 1. The van der Waals surface area contributed by atoms with Crippen LogP contribution in [-0.2, 0) is 9.59 Å². The first-order chi connectivity index (χ1) is 22.4. The van der Waals surface area contributed by atoms with Gasteiger partial charge in [-0.05, 0) is 61.6 Å². The number of aromatic nitrogens is 4. The van der Waals surface area contributed by atoms with Gasteiger partial charge in [-0.1, -0.05) is 0 Å². The fourth-order valence-electron chi connectivity index (χ4n) is 6.86. The summed E-state index contributed by atoms with van der Waals surface area (Å²) in [5.41, 5.74) is 5.93. The molecule has 4 aromatic rings. The van der Waals surface area contributed by atoms with Crippen LogP contribution in [-0.4, -0.2) is 87.0 Å². The Morgan fingerprint density at radius 2 is 1.74 bits per heavy atom. The van der Waals surface area contributed by atoms with E-state index in [1.165, 1.54) is 5.69 Å². The minimum Gasteiger partial charge on any atom is -0.385 e. The van der Waals surface area contributed by atoms with Crippen molar-refractivity contribution in [3.63, 3.8) is 0 Å². The van der Waals surface area contributed by atoms with E-state index in [2.05, 4.69) is 43.1 Å². The van der Waals surface area contributed by atoms with Crippen LogP contribution >= 0.6 is 0 Å². The zero-order valence-corrected chi connectivity index (χ0v) is 25.1. The number of nitrogens with zero attached hydrogens (tertiary/aromatic N) is 6. The van der Waals surface area contributed by atoms with Crippen LogP contribution in [0.3, 0.4) is 0 Å². The molecule has 1 aliphatic carbocycles. The Balaban J connectivity index is 0.880. The molecule has 0 radical (unpaired) electrons. The summed E-state index contributed by atoms with van der Waals surface area (Å²) in [5.74, 6) is -1.59. The number of imide groups is 2. The normalized spacial score (nSPS) is 23.0. The number of carbonyl (C=O) groups excluding carboxylic acids is 4. The van der Waals surface area contributed by atoms with Crippen molar-refractivity contribution in [2.24, 2.45) is 5.92 Å². The lowest BCUT2D eigenvalue weighted by Gasteiger charge is -2.35. The predicted octanol–water partition coefficient (Wildman–Crippen LogP) is 2.37. The molecule has 4 aliphatic rings. The molecule has 1 atom stereocenters. The van der Waals surface area contributed by atoms with Gasteiger partial charge in [0.1, 0.15) is 6.04 Å². The number of benzene rings is 2. The van der Waals surface area contributed by atoms with Crippen molar-refractivity contribution in [3.05, 3.63) is 66.1 Å². The number of rotatable bonds is 7. The molecule has 46 heavy (non-hydrogen) atoms. The Morgan fingerprint density at radius 3 is 2.57 bits per heavy atom. The van der Waals surface area contributed by atoms with Gasteiger partial charge in [0.25, 0.3) is 11.8 Å². The van der Waals surface area contributed by atoms with E-state index < -0.39 is 29.7 Å². The third kappa shape index (κ3) is 5.06. The monoisotopic (exact) mass is 619 g/mol. The number of hydrogen-bond acceptors (Lipinski definition) is 10. The molecular formula is C33H33N9O4. The second kappa shape index (κ2) is 11.3. The van der Waals surface area contributed by atoms with Crippen molar-refractivity contribution in [1.29, 1.82) is 0 Å². The standard InChI is InChI=1S/C33H33N9O4/c43-30-6-5-29(31(44)39-30)42-32(45)24-3-1-21(13-25(24)33(42)46)35-15-19-11-23(12-19)41-18-20(16-37-41)28-17-36-26-4-2-22(14-27(26)38-28)40-9-7-34-8-10-40/h1-4,13-14,16-19,23,29,34-35H,5-12,15H2,(H,39,43,44)/t19-,23+,29?. The van der Waals surface area contributed by atoms with Gasteiger partial charge < -0.3 is 15.5 Å². The van der Waals surface area contributed by atoms with Gasteiger partial charge in [0.2, 0.25) is 11.8 Å². The number of amides is 4. The summed E-state index contributed by atoms with van der Waals surface area (Å²) in [5, 5.41) is 13.7. The van der Waals surface area contributed by atoms with E-state index in [0.29, 0.717) is 12.5 Å². The van der Waals surface area contributed by atoms with E-state index in [-0.39, 0.29) is 30.0 Å². The molecule has 2 saturated heterocycles. The molecule has 2 aromatic carbocycles. The maximum Gasteiger partial charge on any atom is 0.262 e. The van der Waals surface area contributed by atoms with Gasteiger partial charge in [-0.15, -0.1) is 0 Å². The zero-order valence-electron chi connectivity index (χ0n) is 25.1. The molecule has 5 heterocycles. The predicted molar refractivity (Wildman–Crippen MR) is 169 cm³/mol. The summed E-state index contributed by atoms with van der Waals surface area (Å²) >= 11 is 0. The average Bonchev–Trinajstić information content (AvgIpc) is 3.63. The van der Waals surface area contributed by atoms with Crippen LogP contribution in [0.25, 0.3) is 22.3 Å². The van der Waals surface area contributed by atoms with Gasteiger partial charge in [0, 0.05) is 62.3 Å². The Bertz CT molecular complexity index is 1890. The summed E-state index contributed by atoms with van der Waals surface area (Å²) in [6, 6.07) is 10.7. The minimum absolute atomic E-state index is 0.0918. The van der Waals surface area contributed by atoms with Crippen LogP contribution in [0.4, 0.5) is 11.4 Å². The second-order valence-electron chi connectivity index (χ2n) is 12.5. The summed E-state index contributed by atoms with van der Waals surface area (Å²) in [6.07, 6.45) is 7.84. The van der Waals surface area contributed by atoms with E-state index in [4.69, 9.17) is 4.98 Å². The average molecular weight is 620 g/mol. The van der Waals surface area contributed by atoms with E-state index in [9.17, 15) is 19.2 Å². The molecule has 0 bridgehead atoms. The smallest absolute Gasteiger partial charge is 0.262 e. The first-order valence-corrected chi connectivity index (χ1v) is 15.8. The molecule has 13 heteroatoms. The van der Waals surface area contributed by atoms with Gasteiger partial charge in [-0.3, -0.25) is 39.1 Å². The highest BCUT2D eigenvalue weighted by atomic mass is 16.2. The highest BCUT2D eigenvalue weighted by Gasteiger charge is 2.44. The molecule has 3 fully saturated rings. The molecule has 3 N–H and O–H groups in total. The molecule has 4 amide bonds. The number of fused-ring (bicyclic) bond motifs is 2. The Labute approximate surface area is 264 Å². The first kappa shape index (κ1) is 28.3. The Kier molecular flexibility index (Phi) is 6.97. The number of nitrogens with one attached hydrogen (secondary N) is 3. The topological polar surface area (TPSA) is 154 Å². The van der Waals surface area contributed by atoms with Crippen molar-refractivity contribution in [1.82, 2.24) is 35.3 Å². The molecule has 8 rings (SSSR count). The van der Waals surface area contributed by atoms with Crippen LogP contribution in [0.15, 0.2) is 55.0 Å². The summed E-state index contributed by atoms with van der Waals surface area (Å²) in [7, 11) is 0. The van der Waals surface area contributed by atoms with Crippen molar-refractivity contribution in [2.45, 2.75) is 37.8 Å². The molecule has 1 saturated carbocycles. The van der Waals surface area contributed by atoms with E-state index in [1.807, 2.05) is 23.1 Å². The summed E-state index contributed by atoms with van der Waals surface area (Å²) in [6.45, 7) is 4.62. The van der Waals surface area contributed by atoms with E-state index >= 15 is 0 Å². The summed E-state index contributed by atoms with van der Waals surface area (Å²) < 4.78 is 2.01. The van der Waals surface area contributed by atoms with E-state index in [0.717, 1.165) is 71.9 Å². The highest BCUT2D eigenvalue weighted by Crippen LogP contribution is 2.38. The maximum atomic E-state index is 13.1. The molecule has 3 aliphatic heterocycles. The number of carbonyl (C=O) groups is 4. The molecule has 13 nitrogen and oxygen atoms in total. The molecule has 0 spiro atoms. The lowest BCUT2D eigenvalue weighted by atomic mass is 9.80. The van der Waals surface area contributed by atoms with Gasteiger partial charge in [-0.2, -0.15) is 5.10 Å². The zero-order chi connectivity index (χ0) is 31.4. The lowest BCUT2D eigenvalue weighted by molar-refractivity contribution is -0.136. The van der Waals surface area contributed by atoms with Crippen molar-refractivity contribution in [3.8, 4) is 11.3 Å². The van der Waals surface area contributed by atoms with Gasteiger partial charge >= 0.3 is 0 Å². The Hall–Kier alpha value is -5.17. The maximum absolute atomic E-state index is 13.1. The van der Waals surface area contributed by atoms with Crippen molar-refractivity contribution >= 4 is 46.0 Å². The quantitative estimate of drug-likeness (QED) is 0.263. The van der Waals surface area contributed by atoms with Crippen molar-refractivity contribution in [2.75, 3.05) is 42.9 Å². The van der Waals surface area contributed by atoms with Crippen LogP contribution in [0, 0.1) is 5.92 Å². The van der Waals surface area contributed by atoms with Gasteiger partial charge in [0.05, 0.1) is 46.3 Å². The van der Waals surface area contributed by atoms with Crippen LogP contribution in [0.2, 0.25) is 0 Å². The molecular weight excluding hydrogens is 586 g/mol. The van der Waals surface area contributed by atoms with Crippen LogP contribution in [0.5, 0.6) is 0 Å². The third-order valence-electron chi connectivity index (χ3n) is 9.52.